The van der Waals surface area contributed by atoms with E-state index in [9.17, 15) is 24.3 Å². The number of nitrogens with zero attached hydrogens (tertiary/aromatic N) is 2. The van der Waals surface area contributed by atoms with E-state index in [1.54, 1.807) is 7.05 Å². The van der Waals surface area contributed by atoms with Crippen LogP contribution in [0.2, 0.25) is 0 Å². The molecule has 0 amide bonds. The number of hydrogen-bond donors (Lipinski definition) is 1. The van der Waals surface area contributed by atoms with Crippen molar-refractivity contribution in [1.29, 1.82) is 0 Å². The Morgan fingerprint density at radius 2 is 0.964 bits per heavy atom. The molecular formula is C46H68N2O8. The first-order valence-corrected chi connectivity index (χ1v) is 19.0. The molecule has 0 aliphatic heterocycles. The summed E-state index contributed by atoms with van der Waals surface area (Å²) in [6.07, 6.45) is 0.433. The fourth-order valence-electron chi connectivity index (χ4n) is 6.29. The monoisotopic (exact) mass is 776 g/mol. The first-order valence-electron chi connectivity index (χ1n) is 19.0. The summed E-state index contributed by atoms with van der Waals surface area (Å²) in [6.45, 7) is 20.3. The van der Waals surface area contributed by atoms with Crippen molar-refractivity contribution in [2.75, 3.05) is 14.1 Å². The number of carboxylic acids is 1. The number of ether oxygens (including phenoxy) is 3. The van der Waals surface area contributed by atoms with Crippen molar-refractivity contribution in [3.63, 3.8) is 0 Å². The second kappa shape index (κ2) is 22.9. The van der Waals surface area contributed by atoms with Crippen LogP contribution in [0.1, 0.15) is 104 Å². The van der Waals surface area contributed by atoms with Crippen molar-refractivity contribution >= 4 is 23.9 Å². The minimum absolute atomic E-state index is 0. The summed E-state index contributed by atoms with van der Waals surface area (Å²) >= 11 is 0. The fraction of sp³-hybridized carbons (Fsp3) is 0.522. The minimum atomic E-state index is -0.822. The van der Waals surface area contributed by atoms with E-state index in [4.69, 9.17) is 14.2 Å². The Morgan fingerprint density at radius 3 is 1.34 bits per heavy atom. The van der Waals surface area contributed by atoms with Gasteiger partial charge in [0.05, 0.1) is 12.8 Å². The molecule has 0 radical (unpaired) electrons. The molecule has 310 valence electrons. The highest BCUT2D eigenvalue weighted by Crippen LogP contribution is 2.19. The lowest BCUT2D eigenvalue weighted by Gasteiger charge is -2.29. The van der Waals surface area contributed by atoms with E-state index in [2.05, 4.69) is 0 Å². The van der Waals surface area contributed by atoms with Gasteiger partial charge in [-0.2, -0.15) is 0 Å². The van der Waals surface area contributed by atoms with Gasteiger partial charge in [0.2, 0.25) is 0 Å². The van der Waals surface area contributed by atoms with Crippen LogP contribution in [0.15, 0.2) is 78.9 Å². The van der Waals surface area contributed by atoms with Gasteiger partial charge in [-0.05, 0) is 95.3 Å². The van der Waals surface area contributed by atoms with Gasteiger partial charge in [0, 0.05) is 13.1 Å². The Labute approximate surface area is 336 Å². The first kappa shape index (κ1) is 49.5. The van der Waals surface area contributed by atoms with Gasteiger partial charge in [-0.25, -0.2) is 0 Å². The van der Waals surface area contributed by atoms with Gasteiger partial charge in [0.15, 0.2) is 0 Å². The molecule has 0 aliphatic rings. The molecule has 3 rings (SSSR count). The third-order valence-electron chi connectivity index (χ3n) is 8.31. The van der Waals surface area contributed by atoms with E-state index < -0.39 is 23.2 Å². The highest BCUT2D eigenvalue weighted by molar-refractivity contribution is 5.76. The molecule has 2 atom stereocenters. The highest BCUT2D eigenvalue weighted by Gasteiger charge is 2.29. The van der Waals surface area contributed by atoms with E-state index in [1.807, 2.05) is 165 Å². The van der Waals surface area contributed by atoms with Gasteiger partial charge in [-0.1, -0.05) is 114 Å². The van der Waals surface area contributed by atoms with E-state index in [0.29, 0.717) is 13.1 Å². The molecule has 1 N–H and O–H groups in total. The molecule has 0 bridgehead atoms. The van der Waals surface area contributed by atoms with E-state index in [1.165, 1.54) is 0 Å². The van der Waals surface area contributed by atoms with Gasteiger partial charge in [0.1, 0.15) is 29.9 Å². The first-order chi connectivity index (χ1) is 25.5. The van der Waals surface area contributed by atoms with Crippen LogP contribution in [0, 0.1) is 11.8 Å². The quantitative estimate of drug-likeness (QED) is 0.112. The molecule has 3 aromatic rings. The predicted octanol–water partition coefficient (Wildman–Crippen LogP) is 8.52. The number of aliphatic carboxylic acids is 1. The van der Waals surface area contributed by atoms with Gasteiger partial charge in [0.25, 0.3) is 0 Å². The maximum atomic E-state index is 12.8. The minimum Gasteiger partial charge on any atom is -0.480 e. The Morgan fingerprint density at radius 1 is 0.589 bits per heavy atom. The zero-order valence-electron chi connectivity index (χ0n) is 35.0. The lowest BCUT2D eigenvalue weighted by Crippen LogP contribution is -2.43. The zero-order valence-corrected chi connectivity index (χ0v) is 35.0. The summed E-state index contributed by atoms with van der Waals surface area (Å²) in [5.41, 5.74) is 3.74. The number of esters is 3. The molecule has 10 nitrogen and oxygen atoms in total. The van der Waals surface area contributed by atoms with Gasteiger partial charge >= 0.3 is 23.9 Å². The smallest absolute Gasteiger partial charge is 0.323 e. The molecule has 0 aliphatic carbocycles. The Kier molecular flexibility index (Phi) is 20.2. The third kappa shape index (κ3) is 18.9. The lowest BCUT2D eigenvalue weighted by atomic mass is 10.0. The molecule has 3 aromatic carbocycles. The number of hydrogen-bond acceptors (Lipinski definition) is 9. The lowest BCUT2D eigenvalue weighted by molar-refractivity contribution is -0.155. The summed E-state index contributed by atoms with van der Waals surface area (Å²) in [6, 6.07) is 24.3. The molecule has 0 heterocycles. The van der Waals surface area contributed by atoms with Crippen molar-refractivity contribution < 1.29 is 38.5 Å². The fourth-order valence-corrected chi connectivity index (χ4v) is 6.29. The summed E-state index contributed by atoms with van der Waals surface area (Å²) in [5, 5.41) is 9.37. The maximum Gasteiger partial charge on any atom is 0.323 e. The van der Waals surface area contributed by atoms with Crippen molar-refractivity contribution in [1.82, 2.24) is 9.80 Å². The molecule has 0 spiro atoms. The van der Waals surface area contributed by atoms with Crippen LogP contribution < -0.4 is 0 Å². The van der Waals surface area contributed by atoms with Crippen molar-refractivity contribution in [3.8, 4) is 0 Å². The number of carbonyl (C=O) groups excluding carboxylic acids is 3. The number of carboxylic acid groups (broad SMARTS) is 1. The normalized spacial score (nSPS) is 12.6. The van der Waals surface area contributed by atoms with E-state index in [-0.39, 0.29) is 62.7 Å². The molecule has 10 heteroatoms. The maximum absolute atomic E-state index is 12.8. The van der Waals surface area contributed by atoms with Gasteiger partial charge in [-0.3, -0.25) is 29.0 Å². The van der Waals surface area contributed by atoms with Crippen LogP contribution in [0.4, 0.5) is 0 Å². The number of benzene rings is 3. The van der Waals surface area contributed by atoms with Crippen LogP contribution in [-0.2, 0) is 65.9 Å². The van der Waals surface area contributed by atoms with Gasteiger partial charge < -0.3 is 19.3 Å². The molecule has 0 fully saturated rings. The van der Waals surface area contributed by atoms with Crippen LogP contribution >= 0.6 is 0 Å². The Balaban J connectivity index is 0.000000568. The molecule has 0 unspecified atom stereocenters. The second-order valence-corrected chi connectivity index (χ2v) is 16.8. The predicted molar refractivity (Wildman–Crippen MR) is 223 cm³/mol. The zero-order chi connectivity index (χ0) is 41.5. The third-order valence-corrected chi connectivity index (χ3v) is 8.31. The molecule has 0 saturated heterocycles. The summed E-state index contributed by atoms with van der Waals surface area (Å²) in [7, 11) is 3.73. The van der Waals surface area contributed by atoms with Crippen molar-refractivity contribution in [2.24, 2.45) is 11.8 Å². The van der Waals surface area contributed by atoms with Crippen molar-refractivity contribution in [2.45, 2.75) is 132 Å². The van der Waals surface area contributed by atoms with E-state index in [0.717, 1.165) is 27.8 Å². The summed E-state index contributed by atoms with van der Waals surface area (Å²) < 4.78 is 16.3. The van der Waals surface area contributed by atoms with Crippen LogP contribution in [0.5, 0.6) is 0 Å². The largest absolute Gasteiger partial charge is 0.480 e. The molecular weight excluding hydrogens is 709 g/mol. The summed E-state index contributed by atoms with van der Waals surface area (Å²) in [5.74, 6) is -1.46. The average molecular weight is 777 g/mol. The van der Waals surface area contributed by atoms with Crippen LogP contribution in [-0.4, -0.2) is 76.2 Å². The number of likely N-dealkylation sites (N-methyl/N-ethyl adjacent to an activating group) is 2. The Hall–Kier alpha value is -4.54. The van der Waals surface area contributed by atoms with Crippen LogP contribution in [0.3, 0.4) is 0 Å². The van der Waals surface area contributed by atoms with E-state index >= 15 is 0 Å². The second-order valence-electron chi connectivity index (χ2n) is 16.8. The standard InChI is InChI=1S/C26H35NO4.C19H29NO4.CH4/c1-19(2)24(25(29)30-18-20-11-8-7-9-12-20)27(6)17-22-14-10-13-21(15-22)16-23(28)31-26(3,4)5;1-13(2)17(18(22)23)20(6)12-15-9-7-8-14(10-15)11-16(21)24-19(3,4)5;/h7-15,19,24H,16-18H2,1-6H3;7-10,13,17H,11-12H2,1-6H3,(H,22,23);1H4/t24-;17-;/m00./s1. The van der Waals surface area contributed by atoms with Crippen molar-refractivity contribution in [3.05, 3.63) is 107 Å². The molecule has 0 aromatic heterocycles. The molecule has 0 saturated carbocycles. The highest BCUT2D eigenvalue weighted by atomic mass is 16.6. The number of rotatable bonds is 16. The topological polar surface area (TPSA) is 123 Å². The van der Waals surface area contributed by atoms with Crippen LogP contribution in [0.25, 0.3) is 0 Å². The SMILES string of the molecule is C.CC(C)[C@@H](C(=O)O)N(C)Cc1cccc(CC(=O)OC(C)(C)C)c1.CC(C)[C@@H](C(=O)OCc1ccccc1)N(C)Cc1cccc(CC(=O)OC(C)(C)C)c1. The molecule has 56 heavy (non-hydrogen) atoms. The number of carbonyl (C=O) groups is 4. The Bertz CT molecular complexity index is 1670. The summed E-state index contributed by atoms with van der Waals surface area (Å²) in [4.78, 5) is 52.1. The average Bonchev–Trinajstić information content (AvgIpc) is 3.02. The van der Waals surface area contributed by atoms with Gasteiger partial charge in [-0.15, -0.1) is 0 Å².